The lowest BCUT2D eigenvalue weighted by Crippen LogP contribution is -2.30. The number of rotatable bonds is 7. The van der Waals surface area contributed by atoms with Crippen molar-refractivity contribution in [1.82, 2.24) is 15.3 Å². The molecule has 0 radical (unpaired) electrons. The minimum Gasteiger partial charge on any atom is -0.385 e. The first-order valence-corrected chi connectivity index (χ1v) is 5.59. The van der Waals surface area contributed by atoms with E-state index in [4.69, 9.17) is 4.74 Å². The first kappa shape index (κ1) is 13.1. The van der Waals surface area contributed by atoms with Crippen molar-refractivity contribution in [2.24, 2.45) is 5.41 Å². The second-order valence-electron chi connectivity index (χ2n) is 4.68. The Hall–Kier alpha value is -1.00. The van der Waals surface area contributed by atoms with Gasteiger partial charge in [0, 0.05) is 32.7 Å². The minimum absolute atomic E-state index is 0.241. The Balaban J connectivity index is 2.24. The summed E-state index contributed by atoms with van der Waals surface area (Å²) in [4.78, 5) is 8.32. The molecule has 1 rings (SSSR count). The molecule has 0 saturated carbocycles. The third kappa shape index (κ3) is 5.19. The highest BCUT2D eigenvalue weighted by Crippen LogP contribution is 2.18. The summed E-state index contributed by atoms with van der Waals surface area (Å²) >= 11 is 0. The summed E-state index contributed by atoms with van der Waals surface area (Å²) in [6.07, 6.45) is 4.58. The first-order valence-electron chi connectivity index (χ1n) is 5.59. The van der Waals surface area contributed by atoms with Gasteiger partial charge in [0.15, 0.2) is 0 Å². The van der Waals surface area contributed by atoms with Crippen LogP contribution in [-0.4, -0.2) is 30.2 Å². The van der Waals surface area contributed by atoms with Gasteiger partial charge in [0.25, 0.3) is 0 Å². The third-order valence-electron chi connectivity index (χ3n) is 2.49. The Morgan fingerprint density at radius 3 is 2.62 bits per heavy atom. The van der Waals surface area contributed by atoms with Crippen molar-refractivity contribution in [1.29, 1.82) is 0 Å². The molecule has 0 aromatic carbocycles. The number of aromatic nitrogens is 2. The molecule has 0 unspecified atom stereocenters. The number of nitrogens with one attached hydrogen (secondary N) is 1. The van der Waals surface area contributed by atoms with Crippen LogP contribution in [0.5, 0.6) is 0 Å². The summed E-state index contributed by atoms with van der Waals surface area (Å²) in [5, 5.41) is 3.37. The topological polar surface area (TPSA) is 47.0 Å². The molecule has 1 N–H and O–H groups in total. The standard InChI is InChI=1S/C12H21N3O/c1-12(2,5-8-16-3)10-13-9-11-14-6-4-7-15-11/h4,6-7,13H,5,8-10H2,1-3H3. The highest BCUT2D eigenvalue weighted by molar-refractivity contribution is 4.88. The molecular formula is C12H21N3O. The molecule has 1 aromatic rings. The second-order valence-corrected chi connectivity index (χ2v) is 4.68. The van der Waals surface area contributed by atoms with Gasteiger partial charge < -0.3 is 10.1 Å². The van der Waals surface area contributed by atoms with Crippen molar-refractivity contribution in [2.45, 2.75) is 26.8 Å². The number of nitrogens with zero attached hydrogens (tertiary/aromatic N) is 2. The average Bonchev–Trinajstić information content (AvgIpc) is 2.28. The lowest BCUT2D eigenvalue weighted by atomic mass is 9.90. The van der Waals surface area contributed by atoms with Gasteiger partial charge in [-0.15, -0.1) is 0 Å². The summed E-state index contributed by atoms with van der Waals surface area (Å²) in [6.45, 7) is 6.91. The fourth-order valence-electron chi connectivity index (χ4n) is 1.40. The van der Waals surface area contributed by atoms with Crippen LogP contribution in [0.1, 0.15) is 26.1 Å². The van der Waals surface area contributed by atoms with E-state index in [0.29, 0.717) is 0 Å². The maximum Gasteiger partial charge on any atom is 0.141 e. The van der Waals surface area contributed by atoms with E-state index in [1.807, 2.05) is 6.07 Å². The van der Waals surface area contributed by atoms with Crippen LogP contribution >= 0.6 is 0 Å². The Bertz CT molecular complexity index is 288. The van der Waals surface area contributed by atoms with Gasteiger partial charge in [-0.25, -0.2) is 9.97 Å². The molecule has 0 aliphatic carbocycles. The van der Waals surface area contributed by atoms with Crippen LogP contribution in [0.3, 0.4) is 0 Å². The quantitative estimate of drug-likeness (QED) is 0.763. The van der Waals surface area contributed by atoms with E-state index in [-0.39, 0.29) is 5.41 Å². The van der Waals surface area contributed by atoms with Crippen LogP contribution < -0.4 is 5.32 Å². The Morgan fingerprint density at radius 1 is 1.31 bits per heavy atom. The number of ether oxygens (including phenoxy) is 1. The van der Waals surface area contributed by atoms with Crippen molar-refractivity contribution >= 4 is 0 Å². The summed E-state index contributed by atoms with van der Waals surface area (Å²) < 4.78 is 5.09. The summed E-state index contributed by atoms with van der Waals surface area (Å²) in [5.41, 5.74) is 0.241. The molecule has 0 bridgehead atoms. The van der Waals surface area contributed by atoms with Crippen molar-refractivity contribution in [2.75, 3.05) is 20.3 Å². The second kappa shape index (κ2) is 6.55. The Labute approximate surface area is 97.5 Å². The zero-order valence-corrected chi connectivity index (χ0v) is 10.4. The SMILES string of the molecule is COCCC(C)(C)CNCc1ncccn1. The van der Waals surface area contributed by atoms with Crippen LogP contribution in [-0.2, 0) is 11.3 Å². The molecule has 0 amide bonds. The fourth-order valence-corrected chi connectivity index (χ4v) is 1.40. The van der Waals surface area contributed by atoms with Gasteiger partial charge in [-0.1, -0.05) is 13.8 Å². The molecule has 4 heteroatoms. The zero-order valence-electron chi connectivity index (χ0n) is 10.4. The Kier molecular flexibility index (Phi) is 5.35. The third-order valence-corrected chi connectivity index (χ3v) is 2.49. The number of methoxy groups -OCH3 is 1. The van der Waals surface area contributed by atoms with E-state index in [2.05, 4.69) is 29.1 Å². The molecule has 90 valence electrons. The van der Waals surface area contributed by atoms with Crippen LogP contribution in [0.15, 0.2) is 18.5 Å². The van der Waals surface area contributed by atoms with E-state index in [0.717, 1.165) is 31.9 Å². The smallest absolute Gasteiger partial charge is 0.141 e. The van der Waals surface area contributed by atoms with Crippen molar-refractivity contribution in [3.05, 3.63) is 24.3 Å². The highest BCUT2D eigenvalue weighted by atomic mass is 16.5. The van der Waals surface area contributed by atoms with Crippen molar-refractivity contribution < 1.29 is 4.74 Å². The normalized spacial score (nSPS) is 11.7. The molecular weight excluding hydrogens is 202 g/mol. The molecule has 1 heterocycles. The number of hydrogen-bond donors (Lipinski definition) is 1. The average molecular weight is 223 g/mol. The summed E-state index contributed by atoms with van der Waals surface area (Å²) in [7, 11) is 1.74. The molecule has 0 spiro atoms. The minimum atomic E-state index is 0.241. The molecule has 0 aliphatic heterocycles. The van der Waals surface area contributed by atoms with E-state index in [1.165, 1.54) is 0 Å². The van der Waals surface area contributed by atoms with E-state index < -0.39 is 0 Å². The molecule has 1 aromatic heterocycles. The maximum atomic E-state index is 5.09. The molecule has 0 saturated heterocycles. The predicted molar refractivity (Wildman–Crippen MR) is 64.0 cm³/mol. The zero-order chi connectivity index (χ0) is 11.9. The van der Waals surface area contributed by atoms with Gasteiger partial charge in [0.05, 0.1) is 6.54 Å². The summed E-state index contributed by atoms with van der Waals surface area (Å²) in [6, 6.07) is 1.83. The maximum absolute atomic E-state index is 5.09. The molecule has 4 nitrogen and oxygen atoms in total. The van der Waals surface area contributed by atoms with Gasteiger partial charge in [0.1, 0.15) is 5.82 Å². The van der Waals surface area contributed by atoms with E-state index in [9.17, 15) is 0 Å². The van der Waals surface area contributed by atoms with Gasteiger partial charge in [0.2, 0.25) is 0 Å². The first-order chi connectivity index (χ1) is 7.64. The van der Waals surface area contributed by atoms with E-state index in [1.54, 1.807) is 19.5 Å². The largest absolute Gasteiger partial charge is 0.385 e. The van der Waals surface area contributed by atoms with Crippen molar-refractivity contribution in [3.8, 4) is 0 Å². The monoisotopic (exact) mass is 223 g/mol. The van der Waals surface area contributed by atoms with Crippen LogP contribution in [0.2, 0.25) is 0 Å². The highest BCUT2D eigenvalue weighted by Gasteiger charge is 2.16. The van der Waals surface area contributed by atoms with Gasteiger partial charge >= 0.3 is 0 Å². The lowest BCUT2D eigenvalue weighted by Gasteiger charge is -2.24. The number of hydrogen-bond acceptors (Lipinski definition) is 4. The van der Waals surface area contributed by atoms with Crippen LogP contribution in [0.4, 0.5) is 0 Å². The lowest BCUT2D eigenvalue weighted by molar-refractivity contribution is 0.150. The van der Waals surface area contributed by atoms with Gasteiger partial charge in [-0.3, -0.25) is 0 Å². The van der Waals surface area contributed by atoms with Gasteiger partial charge in [-0.05, 0) is 17.9 Å². The van der Waals surface area contributed by atoms with Crippen LogP contribution in [0, 0.1) is 5.41 Å². The molecule has 0 fully saturated rings. The van der Waals surface area contributed by atoms with Crippen molar-refractivity contribution in [3.63, 3.8) is 0 Å². The fraction of sp³-hybridized carbons (Fsp3) is 0.667. The predicted octanol–water partition coefficient (Wildman–Crippen LogP) is 1.63. The van der Waals surface area contributed by atoms with Gasteiger partial charge in [-0.2, -0.15) is 0 Å². The van der Waals surface area contributed by atoms with Crippen LogP contribution in [0.25, 0.3) is 0 Å². The molecule has 0 aliphatic rings. The molecule has 0 atom stereocenters. The van der Waals surface area contributed by atoms with E-state index >= 15 is 0 Å². The Morgan fingerprint density at radius 2 is 2.00 bits per heavy atom. The molecule has 16 heavy (non-hydrogen) atoms. The summed E-state index contributed by atoms with van der Waals surface area (Å²) in [5.74, 6) is 0.838.